The molecule has 0 spiro atoms. The lowest BCUT2D eigenvalue weighted by Crippen LogP contribution is -2.08. The Hall–Kier alpha value is -1.11. The monoisotopic (exact) mass is 206 g/mol. The largest absolute Gasteiger partial charge is 0.289 e. The zero-order valence-electron chi connectivity index (χ0n) is 10.5. The summed E-state index contributed by atoms with van der Waals surface area (Å²) in [5, 5.41) is 0. The number of carbonyl (C=O) groups excluding carboxylic acids is 1. The quantitative estimate of drug-likeness (QED) is 0.492. The number of rotatable bonds is 5. The van der Waals surface area contributed by atoms with Gasteiger partial charge in [-0.25, -0.2) is 0 Å². The maximum absolute atomic E-state index is 11.9. The number of hydrogen-bond donors (Lipinski definition) is 0. The number of Topliss-reactive ketones (excluding diaryl/α,β-unsaturated/α-hetero) is 1. The molecule has 0 aromatic rings. The zero-order chi connectivity index (χ0) is 12.0. The molecule has 1 nitrogen and oxygen atoms in total. The Morgan fingerprint density at radius 1 is 1.20 bits per heavy atom. The molecule has 0 fully saturated rings. The van der Waals surface area contributed by atoms with E-state index in [0.29, 0.717) is 11.5 Å². The van der Waals surface area contributed by atoms with Crippen molar-refractivity contribution in [3.63, 3.8) is 0 Å². The molecule has 15 heavy (non-hydrogen) atoms. The van der Waals surface area contributed by atoms with E-state index in [4.69, 9.17) is 0 Å². The minimum absolute atomic E-state index is 0.0596. The van der Waals surface area contributed by atoms with Crippen molar-refractivity contribution in [1.82, 2.24) is 0 Å². The van der Waals surface area contributed by atoms with Crippen LogP contribution in [0.3, 0.4) is 0 Å². The van der Waals surface area contributed by atoms with Gasteiger partial charge in [-0.05, 0) is 24.3 Å². The highest BCUT2D eigenvalue weighted by atomic mass is 16.1. The molecule has 0 aliphatic heterocycles. The van der Waals surface area contributed by atoms with Crippen molar-refractivity contribution in [3.8, 4) is 0 Å². The third-order valence-corrected chi connectivity index (χ3v) is 2.22. The van der Waals surface area contributed by atoms with Crippen molar-refractivity contribution < 1.29 is 4.79 Å². The molecule has 0 saturated carbocycles. The molecule has 0 bridgehead atoms. The van der Waals surface area contributed by atoms with Crippen LogP contribution >= 0.6 is 0 Å². The summed E-state index contributed by atoms with van der Waals surface area (Å²) in [7, 11) is 0. The first kappa shape index (κ1) is 13.9. The Morgan fingerprint density at radius 2 is 1.73 bits per heavy atom. The second-order valence-electron chi connectivity index (χ2n) is 4.36. The average Bonchev–Trinajstić information content (AvgIpc) is 2.16. The van der Waals surface area contributed by atoms with Crippen molar-refractivity contribution in [2.75, 3.05) is 0 Å². The predicted octanol–water partition coefficient (Wildman–Crippen LogP) is 3.93. The molecule has 0 N–H and O–H groups in total. The smallest absolute Gasteiger partial charge is 0.188 e. The van der Waals surface area contributed by atoms with Crippen molar-refractivity contribution in [2.24, 2.45) is 11.8 Å². The van der Waals surface area contributed by atoms with Crippen LogP contribution in [0.15, 0.2) is 36.0 Å². The lowest BCUT2D eigenvalue weighted by Gasteiger charge is -2.08. The molecular formula is C14H22O. The first-order valence-corrected chi connectivity index (χ1v) is 5.48. The van der Waals surface area contributed by atoms with Crippen LogP contribution < -0.4 is 0 Å². The van der Waals surface area contributed by atoms with E-state index in [-0.39, 0.29) is 11.7 Å². The fourth-order valence-corrected chi connectivity index (χ4v) is 1.05. The third kappa shape index (κ3) is 4.78. The molecule has 0 radical (unpaired) electrons. The molecular weight excluding hydrogens is 184 g/mol. The lowest BCUT2D eigenvalue weighted by molar-refractivity contribution is -0.112. The van der Waals surface area contributed by atoms with Crippen molar-refractivity contribution in [2.45, 2.75) is 34.6 Å². The van der Waals surface area contributed by atoms with E-state index >= 15 is 0 Å². The molecule has 0 rings (SSSR count). The third-order valence-electron chi connectivity index (χ3n) is 2.22. The second-order valence-corrected chi connectivity index (χ2v) is 4.36. The van der Waals surface area contributed by atoms with Crippen molar-refractivity contribution in [1.29, 1.82) is 0 Å². The van der Waals surface area contributed by atoms with Gasteiger partial charge in [0.1, 0.15) is 0 Å². The maximum Gasteiger partial charge on any atom is 0.188 e. The summed E-state index contributed by atoms with van der Waals surface area (Å²) in [5.41, 5.74) is 1.42. The highest BCUT2D eigenvalue weighted by Gasteiger charge is 2.13. The molecule has 84 valence electrons. The molecule has 0 unspecified atom stereocenters. The van der Waals surface area contributed by atoms with E-state index in [2.05, 4.69) is 20.4 Å². The zero-order valence-corrected chi connectivity index (χ0v) is 10.5. The number of hydrogen-bond acceptors (Lipinski definition) is 1. The Labute approximate surface area is 93.6 Å². The lowest BCUT2D eigenvalue weighted by atomic mass is 9.95. The summed E-state index contributed by atoms with van der Waals surface area (Å²) in [4.78, 5) is 11.9. The molecule has 0 heterocycles. The highest BCUT2D eigenvalue weighted by Crippen LogP contribution is 2.14. The van der Waals surface area contributed by atoms with Gasteiger partial charge in [0, 0.05) is 5.57 Å². The Bertz CT molecular complexity index is 290. The Balaban J connectivity index is 4.72. The van der Waals surface area contributed by atoms with E-state index in [1.807, 2.05) is 39.0 Å². The molecule has 0 saturated heterocycles. The van der Waals surface area contributed by atoms with Crippen LogP contribution in [-0.2, 0) is 4.79 Å². The summed E-state index contributed by atoms with van der Waals surface area (Å²) in [6, 6.07) is 0. The van der Waals surface area contributed by atoms with Crippen LogP contribution in [0.4, 0.5) is 0 Å². The Morgan fingerprint density at radius 3 is 2.07 bits per heavy atom. The molecule has 0 aliphatic carbocycles. The summed E-state index contributed by atoms with van der Waals surface area (Å²) in [6.07, 6.45) is 5.76. The van der Waals surface area contributed by atoms with Crippen LogP contribution in [0.2, 0.25) is 0 Å². The van der Waals surface area contributed by atoms with Gasteiger partial charge in [-0.15, -0.1) is 0 Å². The molecule has 0 aromatic carbocycles. The first-order chi connectivity index (χ1) is 6.90. The van der Waals surface area contributed by atoms with Gasteiger partial charge in [0.05, 0.1) is 0 Å². The molecule has 0 atom stereocenters. The van der Waals surface area contributed by atoms with E-state index in [0.717, 1.165) is 5.57 Å². The average molecular weight is 206 g/mol. The summed E-state index contributed by atoms with van der Waals surface area (Å²) >= 11 is 0. The van der Waals surface area contributed by atoms with E-state index < -0.39 is 0 Å². The van der Waals surface area contributed by atoms with Gasteiger partial charge in [-0.1, -0.05) is 52.5 Å². The van der Waals surface area contributed by atoms with Crippen LogP contribution in [0, 0.1) is 11.8 Å². The van der Waals surface area contributed by atoms with Gasteiger partial charge in [0.2, 0.25) is 0 Å². The molecule has 0 aliphatic rings. The normalized spacial score (nSPS) is 12.9. The fraction of sp³-hybridized carbons (Fsp3) is 0.500. The predicted molar refractivity (Wildman–Crippen MR) is 66.7 cm³/mol. The fourth-order valence-electron chi connectivity index (χ4n) is 1.05. The minimum Gasteiger partial charge on any atom is -0.289 e. The highest BCUT2D eigenvalue weighted by molar-refractivity contribution is 6.09. The van der Waals surface area contributed by atoms with E-state index in [1.165, 1.54) is 0 Å². The molecule has 0 aromatic heterocycles. The molecule has 0 amide bonds. The maximum atomic E-state index is 11.9. The second kappa shape index (κ2) is 6.39. The summed E-state index contributed by atoms with van der Waals surface area (Å²) in [5.74, 6) is 0.726. The standard InChI is InChI=1S/C14H22O/c1-7-13(9-8-10(2)3)14(15)12(6)11(4)5/h7-11H,6H2,1-5H3/b9-8-,13-7+. The number of allylic oxidation sites excluding steroid dienone is 5. The SMILES string of the molecule is C=C(C(=O)C(/C=C\C(C)C)=C/C)C(C)C. The minimum atomic E-state index is 0.0596. The van der Waals surface area contributed by atoms with Crippen LogP contribution in [0.25, 0.3) is 0 Å². The van der Waals surface area contributed by atoms with Gasteiger partial charge in [0.25, 0.3) is 0 Å². The Kier molecular flexibility index (Phi) is 5.92. The van der Waals surface area contributed by atoms with Gasteiger partial charge >= 0.3 is 0 Å². The van der Waals surface area contributed by atoms with Gasteiger partial charge in [-0.3, -0.25) is 4.79 Å². The van der Waals surface area contributed by atoms with Crippen LogP contribution in [0.5, 0.6) is 0 Å². The first-order valence-electron chi connectivity index (χ1n) is 5.48. The number of carbonyl (C=O) groups is 1. The molecule has 1 heteroatoms. The van der Waals surface area contributed by atoms with E-state index in [1.54, 1.807) is 0 Å². The number of ketones is 1. The van der Waals surface area contributed by atoms with Crippen molar-refractivity contribution in [3.05, 3.63) is 36.0 Å². The topological polar surface area (TPSA) is 17.1 Å². The van der Waals surface area contributed by atoms with Gasteiger partial charge < -0.3 is 0 Å². The summed E-state index contributed by atoms with van der Waals surface area (Å²) < 4.78 is 0. The van der Waals surface area contributed by atoms with Crippen molar-refractivity contribution >= 4 is 5.78 Å². The van der Waals surface area contributed by atoms with Gasteiger partial charge in [0.15, 0.2) is 5.78 Å². The van der Waals surface area contributed by atoms with E-state index in [9.17, 15) is 4.79 Å². The van der Waals surface area contributed by atoms with Gasteiger partial charge in [-0.2, -0.15) is 0 Å². The van der Waals surface area contributed by atoms with Crippen LogP contribution in [-0.4, -0.2) is 5.78 Å². The summed E-state index contributed by atoms with van der Waals surface area (Å²) in [6.45, 7) is 13.9. The van der Waals surface area contributed by atoms with Crippen LogP contribution in [0.1, 0.15) is 34.6 Å².